The smallest absolute Gasteiger partial charge is 0.309 e. The van der Waals surface area contributed by atoms with Gasteiger partial charge in [0.2, 0.25) is 0 Å². The number of carboxylic acids is 1. The molecular formula is C42H70N2O6. The summed E-state index contributed by atoms with van der Waals surface area (Å²) in [5, 5.41) is 21.9. The molecule has 0 spiro atoms. The molecule has 5 aliphatic rings. The summed E-state index contributed by atoms with van der Waals surface area (Å²) < 4.78 is 6.16. The van der Waals surface area contributed by atoms with E-state index < -0.39 is 28.9 Å². The van der Waals surface area contributed by atoms with Crippen LogP contribution in [0, 0.1) is 56.2 Å². The Balaban J connectivity index is 1.46. The van der Waals surface area contributed by atoms with Crippen molar-refractivity contribution in [1.82, 2.24) is 4.90 Å². The minimum atomic E-state index is -1.16. The summed E-state index contributed by atoms with van der Waals surface area (Å²) in [5.41, 5.74) is 6.54. The molecule has 5 aliphatic carbocycles. The zero-order valence-corrected chi connectivity index (χ0v) is 33.3. The minimum Gasteiger partial charge on any atom is -0.481 e. The Kier molecular flexibility index (Phi) is 10.5. The van der Waals surface area contributed by atoms with Gasteiger partial charge < -0.3 is 20.7 Å². The third-order valence-electron chi connectivity index (χ3n) is 16.1. The van der Waals surface area contributed by atoms with Gasteiger partial charge in [0.25, 0.3) is 0 Å². The van der Waals surface area contributed by atoms with Gasteiger partial charge in [0, 0.05) is 42.9 Å². The predicted molar refractivity (Wildman–Crippen MR) is 197 cm³/mol. The van der Waals surface area contributed by atoms with Gasteiger partial charge in [-0.05, 0) is 125 Å². The number of rotatable bonds is 11. The van der Waals surface area contributed by atoms with Gasteiger partial charge in [-0.1, -0.05) is 54.0 Å². The second kappa shape index (κ2) is 13.3. The molecule has 4 N–H and O–H groups in total. The van der Waals surface area contributed by atoms with Crippen molar-refractivity contribution in [2.45, 2.75) is 159 Å². The van der Waals surface area contributed by atoms with Crippen LogP contribution in [0.1, 0.15) is 140 Å². The number of hydrogen-bond acceptors (Lipinski definition) is 7. The molecule has 1 unspecified atom stereocenters. The van der Waals surface area contributed by atoms with Crippen molar-refractivity contribution in [2.24, 2.45) is 61.9 Å². The predicted octanol–water partition coefficient (Wildman–Crippen LogP) is 7.41. The van der Waals surface area contributed by atoms with E-state index in [-0.39, 0.29) is 57.8 Å². The maximum atomic E-state index is 14.0. The van der Waals surface area contributed by atoms with Crippen LogP contribution in [0.2, 0.25) is 0 Å². The third kappa shape index (κ3) is 5.94. The van der Waals surface area contributed by atoms with Gasteiger partial charge in [0.05, 0.1) is 17.9 Å². The number of allylic oxidation sites excluding steroid dienone is 1. The number of aliphatic hydroxyl groups excluding tert-OH is 1. The number of carboxylic acid groups (broad SMARTS) is 1. The minimum absolute atomic E-state index is 0.00191. The van der Waals surface area contributed by atoms with Gasteiger partial charge in [0.1, 0.15) is 6.10 Å². The summed E-state index contributed by atoms with van der Waals surface area (Å²) in [4.78, 5) is 41.1. The van der Waals surface area contributed by atoms with E-state index in [9.17, 15) is 24.6 Å². The number of nitrogens with zero attached hydrogens (tertiary/aromatic N) is 1. The molecule has 0 saturated heterocycles. The lowest BCUT2D eigenvalue weighted by atomic mass is 9.33. The molecule has 8 nitrogen and oxygen atoms in total. The molecule has 5 rings (SSSR count). The van der Waals surface area contributed by atoms with Crippen molar-refractivity contribution >= 4 is 17.7 Å². The summed E-state index contributed by atoms with van der Waals surface area (Å²) in [5.74, 6) is 0.102. The number of carbonyl (C=O) groups is 3. The summed E-state index contributed by atoms with van der Waals surface area (Å²) in [6.07, 6.45) is 7.33. The van der Waals surface area contributed by atoms with Crippen molar-refractivity contribution < 1.29 is 29.3 Å². The fraction of sp³-hybridized carbons (Fsp3) is 0.881. The first kappa shape index (κ1) is 39.4. The van der Waals surface area contributed by atoms with Crippen LogP contribution in [0.25, 0.3) is 0 Å². The summed E-state index contributed by atoms with van der Waals surface area (Å²) in [6, 6.07) is 0.261. The number of nitrogens with two attached hydrogens (primary N) is 1. The molecule has 4 fully saturated rings. The lowest BCUT2D eigenvalue weighted by Gasteiger charge is -2.72. The van der Waals surface area contributed by atoms with Gasteiger partial charge in [-0.25, -0.2) is 0 Å². The number of aliphatic hydroxyl groups is 1. The first-order valence-corrected chi connectivity index (χ1v) is 19.9. The zero-order valence-electron chi connectivity index (χ0n) is 33.3. The third-order valence-corrected chi connectivity index (χ3v) is 16.1. The maximum Gasteiger partial charge on any atom is 0.309 e. The highest BCUT2D eigenvalue weighted by atomic mass is 16.5. The average molecular weight is 699 g/mol. The quantitative estimate of drug-likeness (QED) is 0.190. The number of fused-ring (bicyclic) bond motifs is 7. The number of ketones is 1. The molecular weight excluding hydrogens is 628 g/mol. The molecule has 0 amide bonds. The molecule has 0 aromatic heterocycles. The highest BCUT2D eigenvalue weighted by Crippen LogP contribution is 2.77. The van der Waals surface area contributed by atoms with E-state index in [1.54, 1.807) is 13.8 Å². The van der Waals surface area contributed by atoms with E-state index in [2.05, 4.69) is 67.2 Å². The van der Waals surface area contributed by atoms with Crippen LogP contribution >= 0.6 is 0 Å². The van der Waals surface area contributed by atoms with Gasteiger partial charge in [-0.15, -0.1) is 0 Å². The largest absolute Gasteiger partial charge is 0.481 e. The Hall–Kier alpha value is -1.77. The molecule has 0 bridgehead atoms. The first-order valence-electron chi connectivity index (χ1n) is 19.9. The van der Waals surface area contributed by atoms with Crippen LogP contribution in [-0.2, 0) is 19.1 Å². The SMILES string of the molecule is CC(C)C1=C2[C@H]3CC[C@@H]4[C@@]5(C)CCC(OC(=O)CC(C)(C)C(=O)O)C(C)(C)[C@@H]5CC[C@@]4(C)[C@]3(C)CC[C@@]2([C@@H](O)CN(CCN)C(C)C)CC1=O. The number of ether oxygens (including phenoxy) is 1. The van der Waals surface area contributed by atoms with Gasteiger partial charge >= 0.3 is 11.9 Å². The van der Waals surface area contributed by atoms with E-state index in [1.165, 1.54) is 5.57 Å². The van der Waals surface area contributed by atoms with Crippen molar-refractivity contribution in [3.63, 3.8) is 0 Å². The van der Waals surface area contributed by atoms with Crippen molar-refractivity contribution in [2.75, 3.05) is 19.6 Å². The number of hydrogen-bond donors (Lipinski definition) is 3. The second-order valence-electron chi connectivity index (χ2n) is 20.0. The van der Waals surface area contributed by atoms with E-state index in [0.29, 0.717) is 31.3 Å². The Labute approximate surface area is 302 Å². The van der Waals surface area contributed by atoms with Crippen molar-refractivity contribution in [1.29, 1.82) is 0 Å². The highest BCUT2D eigenvalue weighted by Gasteiger charge is 2.70. The summed E-state index contributed by atoms with van der Waals surface area (Å²) in [7, 11) is 0. The lowest BCUT2D eigenvalue weighted by Crippen LogP contribution is -2.66. The fourth-order valence-electron chi connectivity index (χ4n) is 13.0. The van der Waals surface area contributed by atoms with Gasteiger partial charge in [-0.3, -0.25) is 19.3 Å². The molecule has 0 aliphatic heterocycles. The Bertz CT molecular complexity index is 1380. The lowest BCUT2D eigenvalue weighted by molar-refractivity contribution is -0.235. The standard InChI is InChI=1S/C42H70N2O6/c1-25(2)34-28(45)22-42(31(46)24-44(21-20-43)26(3)4)19-18-40(10)27(35(34)42)12-13-30-39(9)16-15-32(50-33(47)23-37(5,6)36(48)49)38(7,8)29(39)14-17-41(30,40)11/h25-27,29-32,46H,12-24,43H2,1-11H3,(H,48,49)/t27-,29+,30-,31+,32?,39+,40-,41-,42+/m1/s1. The monoisotopic (exact) mass is 699 g/mol. The number of esters is 1. The van der Waals surface area contributed by atoms with Crippen LogP contribution < -0.4 is 5.73 Å². The van der Waals surface area contributed by atoms with Crippen LogP contribution in [0.5, 0.6) is 0 Å². The highest BCUT2D eigenvalue weighted by molar-refractivity contribution is 6.00. The molecule has 0 radical (unpaired) electrons. The van der Waals surface area contributed by atoms with Crippen LogP contribution in [-0.4, -0.2) is 70.7 Å². The fourth-order valence-corrected chi connectivity index (χ4v) is 13.0. The van der Waals surface area contributed by atoms with Gasteiger partial charge in [-0.2, -0.15) is 0 Å². The number of Topliss-reactive ketones (excluding diaryl/α,β-unsaturated/α-hetero) is 1. The summed E-state index contributed by atoms with van der Waals surface area (Å²) >= 11 is 0. The average Bonchev–Trinajstić information content (AvgIpc) is 3.31. The van der Waals surface area contributed by atoms with E-state index in [1.807, 2.05) is 0 Å². The topological polar surface area (TPSA) is 130 Å². The molecule has 9 atom stereocenters. The molecule has 4 saturated carbocycles. The first-order chi connectivity index (χ1) is 23.0. The normalized spacial score (nSPS) is 38.8. The Morgan fingerprint density at radius 2 is 1.60 bits per heavy atom. The molecule has 0 aromatic rings. The van der Waals surface area contributed by atoms with E-state index in [0.717, 1.165) is 63.5 Å². The molecule has 0 heterocycles. The van der Waals surface area contributed by atoms with Crippen LogP contribution in [0.15, 0.2) is 11.1 Å². The van der Waals surface area contributed by atoms with Gasteiger partial charge in [0.15, 0.2) is 5.78 Å². The number of aliphatic carboxylic acids is 1. The van der Waals surface area contributed by atoms with E-state index in [4.69, 9.17) is 10.5 Å². The van der Waals surface area contributed by atoms with Crippen molar-refractivity contribution in [3.8, 4) is 0 Å². The molecule has 0 aromatic carbocycles. The van der Waals surface area contributed by atoms with E-state index >= 15 is 0 Å². The molecule has 284 valence electrons. The van der Waals surface area contributed by atoms with Crippen molar-refractivity contribution in [3.05, 3.63) is 11.1 Å². The van der Waals surface area contributed by atoms with Crippen LogP contribution in [0.4, 0.5) is 0 Å². The Morgan fingerprint density at radius 1 is 0.940 bits per heavy atom. The second-order valence-corrected chi connectivity index (χ2v) is 20.0. The summed E-state index contributed by atoms with van der Waals surface area (Å²) in [6.45, 7) is 25.8. The number of carbonyl (C=O) groups excluding carboxylic acids is 2. The maximum absolute atomic E-state index is 14.0. The van der Waals surface area contributed by atoms with Crippen LogP contribution in [0.3, 0.4) is 0 Å². The molecule has 8 heteroatoms. The molecule has 50 heavy (non-hydrogen) atoms. The Morgan fingerprint density at radius 3 is 2.18 bits per heavy atom. The zero-order chi connectivity index (χ0) is 37.4.